The highest BCUT2D eigenvalue weighted by Crippen LogP contribution is 2.42. The molecular weight excluding hydrogens is 286 g/mol. The molecule has 1 aromatic carbocycles. The van der Waals surface area contributed by atoms with Crippen LogP contribution in [0.4, 0.5) is 0 Å². The first-order valence-corrected chi connectivity index (χ1v) is 8.85. The Balaban J connectivity index is 2.02. The second-order valence-corrected chi connectivity index (χ2v) is 7.00. The van der Waals surface area contributed by atoms with Crippen molar-refractivity contribution in [1.82, 2.24) is 15.2 Å². The Morgan fingerprint density at radius 2 is 2.25 bits per heavy atom. The fraction of sp³-hybridized carbons (Fsp3) is 0.267. The molecule has 0 unspecified atom stereocenters. The van der Waals surface area contributed by atoms with Gasteiger partial charge in [0.25, 0.3) is 0 Å². The lowest BCUT2D eigenvalue weighted by molar-refractivity contribution is 1.04. The fourth-order valence-corrected chi connectivity index (χ4v) is 4.38. The lowest BCUT2D eigenvalue weighted by Crippen LogP contribution is -1.89. The van der Waals surface area contributed by atoms with Crippen molar-refractivity contribution in [3.63, 3.8) is 0 Å². The van der Waals surface area contributed by atoms with Crippen LogP contribution in [0.1, 0.15) is 11.3 Å². The van der Waals surface area contributed by atoms with Crippen molar-refractivity contribution in [2.75, 3.05) is 12.0 Å². The van der Waals surface area contributed by atoms with Gasteiger partial charge in [-0.05, 0) is 37.8 Å². The number of nitrogens with zero attached hydrogens (tertiary/aromatic N) is 1. The zero-order chi connectivity index (χ0) is 13.7. The number of aryl methyl sites for hydroxylation is 1. The van der Waals surface area contributed by atoms with Crippen molar-refractivity contribution in [2.45, 2.75) is 23.1 Å². The standard InChI is InChI=1S/C15H15N3S2/c1-8-10-5-6-20-15-11-7-9(19-2)3-4-12(11)16-14(15)13(10)18-17-8/h3-4,7,16H,5-6H2,1-2H3,(H,17,18). The van der Waals surface area contributed by atoms with Gasteiger partial charge in [0.2, 0.25) is 0 Å². The number of aromatic nitrogens is 3. The van der Waals surface area contributed by atoms with Crippen LogP contribution < -0.4 is 0 Å². The summed E-state index contributed by atoms with van der Waals surface area (Å²) in [6.45, 7) is 2.11. The molecule has 20 heavy (non-hydrogen) atoms. The van der Waals surface area contributed by atoms with E-state index in [1.54, 1.807) is 11.8 Å². The van der Waals surface area contributed by atoms with Gasteiger partial charge in [-0.15, -0.1) is 23.5 Å². The Morgan fingerprint density at radius 3 is 3.10 bits per heavy atom. The van der Waals surface area contributed by atoms with Crippen LogP contribution in [0.15, 0.2) is 28.0 Å². The van der Waals surface area contributed by atoms with Gasteiger partial charge < -0.3 is 4.98 Å². The average molecular weight is 301 g/mol. The summed E-state index contributed by atoms with van der Waals surface area (Å²) in [5.74, 6) is 1.11. The zero-order valence-corrected chi connectivity index (χ0v) is 13.0. The van der Waals surface area contributed by atoms with Crippen LogP contribution in [0, 0.1) is 6.92 Å². The number of aromatic amines is 2. The molecule has 0 radical (unpaired) electrons. The first-order valence-electron chi connectivity index (χ1n) is 6.64. The summed E-state index contributed by atoms with van der Waals surface area (Å²) < 4.78 is 0. The maximum atomic E-state index is 4.52. The third-order valence-electron chi connectivity index (χ3n) is 3.87. The number of hydrogen-bond donors (Lipinski definition) is 2. The Kier molecular flexibility index (Phi) is 2.86. The SMILES string of the molecule is CSc1ccc2[nH]c3c(c2c1)SCCc1c-3n[nH]c1C. The molecule has 0 aliphatic carbocycles. The first kappa shape index (κ1) is 12.4. The number of thioether (sulfide) groups is 2. The van der Waals surface area contributed by atoms with Crippen LogP contribution in [-0.4, -0.2) is 27.2 Å². The lowest BCUT2D eigenvalue weighted by Gasteiger charge is -2.00. The van der Waals surface area contributed by atoms with Gasteiger partial charge in [-0.1, -0.05) is 0 Å². The predicted octanol–water partition coefficient (Wildman–Crippen LogP) is 4.24. The van der Waals surface area contributed by atoms with Crippen molar-refractivity contribution < 1.29 is 0 Å². The number of H-pyrrole nitrogens is 2. The van der Waals surface area contributed by atoms with E-state index in [4.69, 9.17) is 0 Å². The largest absolute Gasteiger partial charge is 0.352 e. The van der Waals surface area contributed by atoms with Gasteiger partial charge in [0.1, 0.15) is 5.69 Å². The van der Waals surface area contributed by atoms with Gasteiger partial charge in [0.15, 0.2) is 0 Å². The molecule has 2 N–H and O–H groups in total. The van der Waals surface area contributed by atoms with Gasteiger partial charge >= 0.3 is 0 Å². The van der Waals surface area contributed by atoms with Gasteiger partial charge in [-0.25, -0.2) is 0 Å². The van der Waals surface area contributed by atoms with Crippen LogP contribution in [-0.2, 0) is 6.42 Å². The third kappa shape index (κ3) is 1.73. The summed E-state index contributed by atoms with van der Waals surface area (Å²) in [6, 6.07) is 6.63. The minimum absolute atomic E-state index is 1.08. The smallest absolute Gasteiger partial charge is 0.113 e. The van der Waals surface area contributed by atoms with E-state index < -0.39 is 0 Å². The molecular formula is C15H15N3S2. The molecule has 0 amide bonds. The van der Waals surface area contributed by atoms with Crippen molar-refractivity contribution in [1.29, 1.82) is 0 Å². The maximum absolute atomic E-state index is 4.52. The van der Waals surface area contributed by atoms with Crippen LogP contribution in [0.25, 0.3) is 22.3 Å². The van der Waals surface area contributed by atoms with E-state index in [0.29, 0.717) is 0 Å². The van der Waals surface area contributed by atoms with Crippen molar-refractivity contribution in [2.24, 2.45) is 0 Å². The summed E-state index contributed by atoms with van der Waals surface area (Å²) in [5.41, 5.74) is 6.03. The second kappa shape index (κ2) is 4.60. The predicted molar refractivity (Wildman–Crippen MR) is 86.8 cm³/mol. The van der Waals surface area contributed by atoms with Gasteiger partial charge in [0.05, 0.1) is 5.69 Å². The normalized spacial score (nSPS) is 14.1. The monoisotopic (exact) mass is 301 g/mol. The van der Waals surface area contributed by atoms with E-state index in [2.05, 4.69) is 46.6 Å². The van der Waals surface area contributed by atoms with Gasteiger partial charge in [-0.2, -0.15) is 5.10 Å². The number of nitrogens with one attached hydrogen (secondary N) is 2. The van der Waals surface area contributed by atoms with E-state index in [1.807, 2.05) is 11.8 Å². The second-order valence-electron chi connectivity index (χ2n) is 5.01. The minimum Gasteiger partial charge on any atom is -0.352 e. The highest BCUT2D eigenvalue weighted by molar-refractivity contribution is 7.99. The van der Waals surface area contributed by atoms with Gasteiger partial charge in [0, 0.05) is 37.7 Å². The summed E-state index contributed by atoms with van der Waals surface area (Å²) in [7, 11) is 0. The summed E-state index contributed by atoms with van der Waals surface area (Å²) in [6.07, 6.45) is 3.20. The van der Waals surface area contributed by atoms with Crippen LogP contribution in [0.5, 0.6) is 0 Å². The van der Waals surface area contributed by atoms with Crippen LogP contribution >= 0.6 is 23.5 Å². The molecule has 0 fully saturated rings. The molecule has 0 spiro atoms. The maximum Gasteiger partial charge on any atom is 0.113 e. The quantitative estimate of drug-likeness (QED) is 0.661. The highest BCUT2D eigenvalue weighted by Gasteiger charge is 2.23. The number of fused-ring (bicyclic) bond motifs is 5. The third-order valence-corrected chi connectivity index (χ3v) is 5.71. The Labute approximate surface area is 125 Å². The topological polar surface area (TPSA) is 44.5 Å². The molecule has 2 aromatic heterocycles. The molecule has 0 atom stereocenters. The molecule has 102 valence electrons. The molecule has 0 saturated carbocycles. The summed E-state index contributed by atoms with van der Waals surface area (Å²) >= 11 is 3.73. The average Bonchev–Trinajstić information content (AvgIpc) is 2.94. The molecule has 1 aliphatic rings. The molecule has 3 aromatic rings. The molecule has 1 aliphatic heterocycles. The van der Waals surface area contributed by atoms with E-state index in [1.165, 1.54) is 37.6 Å². The van der Waals surface area contributed by atoms with Gasteiger partial charge in [-0.3, -0.25) is 5.10 Å². The summed E-state index contributed by atoms with van der Waals surface area (Å²) in [4.78, 5) is 6.22. The Bertz CT molecular complexity index is 801. The fourth-order valence-electron chi connectivity index (χ4n) is 2.81. The summed E-state index contributed by atoms with van der Waals surface area (Å²) in [5, 5.41) is 8.98. The number of hydrogen-bond acceptors (Lipinski definition) is 3. The molecule has 4 rings (SSSR count). The number of benzene rings is 1. The molecule has 0 bridgehead atoms. The molecule has 5 heteroatoms. The Morgan fingerprint density at radius 1 is 1.35 bits per heavy atom. The molecule has 3 heterocycles. The van der Waals surface area contributed by atoms with E-state index in [9.17, 15) is 0 Å². The van der Waals surface area contributed by atoms with Crippen LogP contribution in [0.3, 0.4) is 0 Å². The minimum atomic E-state index is 1.08. The van der Waals surface area contributed by atoms with Crippen molar-refractivity contribution in [3.05, 3.63) is 29.5 Å². The van der Waals surface area contributed by atoms with Crippen molar-refractivity contribution in [3.8, 4) is 11.4 Å². The van der Waals surface area contributed by atoms with E-state index in [-0.39, 0.29) is 0 Å². The Hall–Kier alpha value is -1.33. The zero-order valence-electron chi connectivity index (χ0n) is 11.4. The number of rotatable bonds is 1. The molecule has 3 nitrogen and oxygen atoms in total. The highest BCUT2D eigenvalue weighted by atomic mass is 32.2. The van der Waals surface area contributed by atoms with E-state index >= 15 is 0 Å². The molecule has 0 saturated heterocycles. The lowest BCUT2D eigenvalue weighted by atomic mass is 10.1. The van der Waals surface area contributed by atoms with E-state index in [0.717, 1.165) is 17.9 Å². The van der Waals surface area contributed by atoms with Crippen LogP contribution in [0.2, 0.25) is 0 Å². The first-order chi connectivity index (χ1) is 9.78. The van der Waals surface area contributed by atoms with Crippen molar-refractivity contribution >= 4 is 34.4 Å².